The summed E-state index contributed by atoms with van der Waals surface area (Å²) < 4.78 is 5.49. The van der Waals surface area contributed by atoms with Crippen molar-refractivity contribution in [2.24, 2.45) is 5.41 Å². The van der Waals surface area contributed by atoms with Gasteiger partial charge < -0.3 is 10.1 Å². The molecule has 0 bridgehead atoms. The van der Waals surface area contributed by atoms with Gasteiger partial charge >= 0.3 is 5.97 Å². The fourth-order valence-electron chi connectivity index (χ4n) is 2.87. The number of fused-ring (bicyclic) bond motifs is 1. The zero-order valence-electron chi connectivity index (χ0n) is 16.4. The van der Waals surface area contributed by atoms with Crippen molar-refractivity contribution in [2.75, 3.05) is 13.1 Å². The number of nitrogens with one attached hydrogen (secondary N) is 1. The van der Waals surface area contributed by atoms with Crippen molar-refractivity contribution in [1.82, 2.24) is 10.2 Å². The number of imide groups is 1. The number of ether oxygens (including phenoxy) is 1. The molecule has 1 atom stereocenters. The third kappa shape index (κ3) is 4.49. The number of rotatable bonds is 5. The van der Waals surface area contributed by atoms with E-state index in [9.17, 15) is 14.4 Å². The molecule has 1 aromatic rings. The minimum atomic E-state index is -0.579. The highest BCUT2D eigenvalue weighted by atomic mass is 16.6. The summed E-state index contributed by atoms with van der Waals surface area (Å²) in [6.07, 6.45) is 0. The molecule has 1 aliphatic rings. The van der Waals surface area contributed by atoms with Gasteiger partial charge in [0.25, 0.3) is 11.8 Å². The summed E-state index contributed by atoms with van der Waals surface area (Å²) in [6, 6.07) is 6.24. The first-order valence-electron chi connectivity index (χ1n) is 8.83. The van der Waals surface area contributed by atoms with Crippen LogP contribution < -0.4 is 5.32 Å². The topological polar surface area (TPSA) is 75.7 Å². The van der Waals surface area contributed by atoms with E-state index in [2.05, 4.69) is 5.32 Å². The summed E-state index contributed by atoms with van der Waals surface area (Å²) in [5, 5.41) is 3.16. The van der Waals surface area contributed by atoms with Crippen LogP contribution in [0.4, 0.5) is 0 Å². The van der Waals surface area contributed by atoms with Crippen molar-refractivity contribution in [3.8, 4) is 0 Å². The molecular formula is C20H28N2O4. The molecule has 1 aliphatic heterocycles. The third-order valence-electron chi connectivity index (χ3n) is 4.07. The third-order valence-corrected chi connectivity index (χ3v) is 4.07. The van der Waals surface area contributed by atoms with Crippen LogP contribution in [-0.2, 0) is 9.53 Å². The van der Waals surface area contributed by atoms with Crippen molar-refractivity contribution in [2.45, 2.75) is 53.2 Å². The van der Waals surface area contributed by atoms with E-state index in [1.54, 1.807) is 24.3 Å². The smallest absolute Gasteiger partial charge is 0.324 e. The van der Waals surface area contributed by atoms with E-state index < -0.39 is 11.6 Å². The lowest BCUT2D eigenvalue weighted by molar-refractivity contribution is -0.160. The Hall–Kier alpha value is -2.21. The molecule has 0 aliphatic carbocycles. The molecule has 1 aromatic carbocycles. The Labute approximate surface area is 154 Å². The molecule has 26 heavy (non-hydrogen) atoms. The maximum absolute atomic E-state index is 12.5. The first-order valence-corrected chi connectivity index (χ1v) is 8.83. The van der Waals surface area contributed by atoms with Crippen LogP contribution in [0.3, 0.4) is 0 Å². The molecule has 0 unspecified atom stereocenters. The standard InChI is InChI=1S/C20H28N2O4/c1-19(2,3)15(18(25)26-20(4,5)6)21-11-12-22-16(23)13-9-7-8-10-14(13)17(22)24/h7-10,15,21H,11-12H2,1-6H3/t15-/m1/s1. The summed E-state index contributed by atoms with van der Waals surface area (Å²) in [5.41, 5.74) is -0.0937. The number of benzene rings is 1. The maximum atomic E-state index is 12.5. The van der Waals surface area contributed by atoms with Gasteiger partial charge in [-0.05, 0) is 38.3 Å². The summed E-state index contributed by atoms with van der Waals surface area (Å²) >= 11 is 0. The zero-order chi connectivity index (χ0) is 19.7. The van der Waals surface area contributed by atoms with E-state index >= 15 is 0 Å². The maximum Gasteiger partial charge on any atom is 0.324 e. The number of amides is 2. The van der Waals surface area contributed by atoms with Gasteiger partial charge in [-0.15, -0.1) is 0 Å². The molecular weight excluding hydrogens is 332 g/mol. The van der Waals surface area contributed by atoms with E-state index in [4.69, 9.17) is 4.74 Å². The molecule has 2 rings (SSSR count). The van der Waals surface area contributed by atoms with Crippen LogP contribution in [0.1, 0.15) is 62.3 Å². The van der Waals surface area contributed by atoms with E-state index in [1.807, 2.05) is 41.5 Å². The number of nitrogens with zero attached hydrogens (tertiary/aromatic N) is 1. The van der Waals surface area contributed by atoms with Crippen LogP contribution in [-0.4, -0.2) is 47.4 Å². The van der Waals surface area contributed by atoms with Crippen LogP contribution in [0.25, 0.3) is 0 Å². The summed E-state index contributed by atoms with van der Waals surface area (Å²) in [4.78, 5) is 38.5. The van der Waals surface area contributed by atoms with Crippen molar-refractivity contribution in [1.29, 1.82) is 0 Å². The molecule has 1 N–H and O–H groups in total. The molecule has 2 amide bonds. The zero-order valence-corrected chi connectivity index (χ0v) is 16.4. The molecule has 1 heterocycles. The monoisotopic (exact) mass is 360 g/mol. The lowest BCUT2D eigenvalue weighted by Crippen LogP contribution is -2.51. The Kier molecular flexibility index (Phi) is 5.56. The Morgan fingerprint density at radius 1 is 1.04 bits per heavy atom. The quantitative estimate of drug-likeness (QED) is 0.645. The molecule has 0 saturated heterocycles. The Balaban J connectivity index is 2.01. The van der Waals surface area contributed by atoms with Gasteiger partial charge in [0.1, 0.15) is 11.6 Å². The molecule has 0 aromatic heterocycles. The van der Waals surface area contributed by atoms with Crippen molar-refractivity contribution >= 4 is 17.8 Å². The van der Waals surface area contributed by atoms with Gasteiger partial charge in [0.15, 0.2) is 0 Å². The van der Waals surface area contributed by atoms with Crippen LogP contribution >= 0.6 is 0 Å². The minimum Gasteiger partial charge on any atom is -0.459 e. The van der Waals surface area contributed by atoms with Gasteiger partial charge in [0, 0.05) is 13.1 Å². The van der Waals surface area contributed by atoms with Crippen LogP contribution in [0.15, 0.2) is 24.3 Å². The van der Waals surface area contributed by atoms with Crippen molar-refractivity contribution in [3.63, 3.8) is 0 Å². The molecule has 0 spiro atoms. The highest BCUT2D eigenvalue weighted by molar-refractivity contribution is 6.21. The normalized spacial score (nSPS) is 15.8. The number of carbonyl (C=O) groups excluding carboxylic acids is 3. The van der Waals surface area contributed by atoms with E-state index in [-0.39, 0.29) is 29.7 Å². The highest BCUT2D eigenvalue weighted by Gasteiger charge is 2.37. The van der Waals surface area contributed by atoms with Crippen LogP contribution in [0.2, 0.25) is 0 Å². The lowest BCUT2D eigenvalue weighted by atomic mass is 9.86. The van der Waals surface area contributed by atoms with Gasteiger partial charge in [-0.25, -0.2) is 0 Å². The molecule has 0 radical (unpaired) electrons. The Morgan fingerprint density at radius 2 is 1.54 bits per heavy atom. The highest BCUT2D eigenvalue weighted by Crippen LogP contribution is 2.24. The lowest BCUT2D eigenvalue weighted by Gasteiger charge is -2.32. The first kappa shape index (κ1) is 20.1. The predicted octanol–water partition coefficient (Wildman–Crippen LogP) is 2.63. The molecule has 0 saturated carbocycles. The fourth-order valence-corrected chi connectivity index (χ4v) is 2.87. The molecule has 6 heteroatoms. The second-order valence-corrected chi connectivity index (χ2v) is 8.59. The first-order chi connectivity index (χ1) is 11.9. The number of esters is 1. The second-order valence-electron chi connectivity index (χ2n) is 8.59. The molecule has 0 fully saturated rings. The molecule has 142 valence electrons. The van der Waals surface area contributed by atoms with Gasteiger partial charge in [-0.1, -0.05) is 32.9 Å². The van der Waals surface area contributed by atoms with E-state index in [1.165, 1.54) is 4.90 Å². The second kappa shape index (κ2) is 7.19. The number of hydrogen-bond acceptors (Lipinski definition) is 5. The minimum absolute atomic E-state index is 0.196. The average molecular weight is 360 g/mol. The predicted molar refractivity (Wildman–Crippen MR) is 98.9 cm³/mol. The average Bonchev–Trinajstić information content (AvgIpc) is 2.73. The van der Waals surface area contributed by atoms with E-state index in [0.717, 1.165) is 0 Å². The summed E-state index contributed by atoms with van der Waals surface area (Å²) in [5.74, 6) is -0.929. The number of hydrogen-bond donors (Lipinski definition) is 1. The van der Waals surface area contributed by atoms with Gasteiger partial charge in [-0.2, -0.15) is 0 Å². The van der Waals surface area contributed by atoms with E-state index in [0.29, 0.717) is 17.7 Å². The fraction of sp³-hybridized carbons (Fsp3) is 0.550. The van der Waals surface area contributed by atoms with Crippen molar-refractivity contribution < 1.29 is 19.1 Å². The van der Waals surface area contributed by atoms with Crippen LogP contribution in [0, 0.1) is 5.41 Å². The summed E-state index contributed by atoms with van der Waals surface area (Å²) in [6.45, 7) is 11.8. The molecule has 6 nitrogen and oxygen atoms in total. The SMILES string of the molecule is CC(C)(C)OC(=O)[C@@H](NCCN1C(=O)c2ccccc2C1=O)C(C)(C)C. The van der Waals surface area contributed by atoms with Crippen LogP contribution in [0.5, 0.6) is 0 Å². The van der Waals surface area contributed by atoms with Gasteiger partial charge in [0.05, 0.1) is 11.1 Å². The Bertz CT molecular complexity index is 678. The largest absolute Gasteiger partial charge is 0.459 e. The van der Waals surface area contributed by atoms with Gasteiger partial charge in [0.2, 0.25) is 0 Å². The number of carbonyl (C=O) groups is 3. The summed E-state index contributed by atoms with van der Waals surface area (Å²) in [7, 11) is 0. The van der Waals surface area contributed by atoms with Gasteiger partial charge in [-0.3, -0.25) is 19.3 Å². The Morgan fingerprint density at radius 3 is 1.96 bits per heavy atom. The van der Waals surface area contributed by atoms with Crippen molar-refractivity contribution in [3.05, 3.63) is 35.4 Å².